The number of hydrogen-bond donors (Lipinski definition) is 2. The predicted molar refractivity (Wildman–Crippen MR) is 116 cm³/mol. The fourth-order valence-electron chi connectivity index (χ4n) is 4.03. The number of nitrogens with one attached hydrogen (secondary N) is 1. The maximum Gasteiger partial charge on any atom is 0.244 e. The Labute approximate surface area is 181 Å². The molecule has 1 amide bonds. The molecule has 0 aliphatic heterocycles. The molecule has 1 aliphatic rings. The van der Waals surface area contributed by atoms with Crippen LogP contribution in [0.2, 0.25) is 0 Å². The molecule has 0 bridgehead atoms. The van der Waals surface area contributed by atoms with Gasteiger partial charge in [-0.25, -0.2) is 4.39 Å². The number of carbonyl (C=O) groups excluding carboxylic acids is 1. The zero-order chi connectivity index (χ0) is 21.8. The topological polar surface area (TPSA) is 80.0 Å². The van der Waals surface area contributed by atoms with Crippen molar-refractivity contribution in [1.29, 1.82) is 0 Å². The Hall–Kier alpha value is -3.06. The van der Waals surface area contributed by atoms with Crippen LogP contribution >= 0.6 is 0 Å². The van der Waals surface area contributed by atoms with Gasteiger partial charge in [-0.2, -0.15) is 5.10 Å². The second kappa shape index (κ2) is 9.39. The molecule has 3 aromatic rings. The zero-order valence-electron chi connectivity index (χ0n) is 17.5. The van der Waals surface area contributed by atoms with Gasteiger partial charge in [-0.3, -0.25) is 14.5 Å². The maximum absolute atomic E-state index is 13.3. The molecule has 1 aromatic carbocycles. The summed E-state index contributed by atoms with van der Waals surface area (Å²) in [6.45, 7) is 1.84. The minimum Gasteiger partial charge on any atom is -0.393 e. The lowest BCUT2D eigenvalue weighted by molar-refractivity contribution is -0.125. The summed E-state index contributed by atoms with van der Waals surface area (Å²) in [5.74, 6) is -0.369. The maximum atomic E-state index is 13.3. The Balaban J connectivity index is 1.58. The van der Waals surface area contributed by atoms with Gasteiger partial charge in [0.15, 0.2) is 0 Å². The molecule has 1 atom stereocenters. The van der Waals surface area contributed by atoms with Gasteiger partial charge in [0.25, 0.3) is 0 Å². The summed E-state index contributed by atoms with van der Waals surface area (Å²) in [5, 5.41) is 17.5. The van der Waals surface area contributed by atoms with Crippen LogP contribution in [-0.2, 0) is 11.2 Å². The molecule has 162 valence electrons. The first-order valence-electron chi connectivity index (χ1n) is 10.7. The molecular weight excluding hydrogens is 395 g/mol. The summed E-state index contributed by atoms with van der Waals surface area (Å²) in [5.41, 5.74) is 3.50. The average Bonchev–Trinajstić information content (AvgIpc) is 3.20. The molecule has 2 N–H and O–H groups in total. The van der Waals surface area contributed by atoms with Crippen molar-refractivity contribution in [3.05, 3.63) is 71.9 Å². The molecule has 1 saturated carbocycles. The van der Waals surface area contributed by atoms with E-state index in [1.165, 1.54) is 12.1 Å². The van der Waals surface area contributed by atoms with Crippen LogP contribution in [0.4, 0.5) is 4.39 Å². The summed E-state index contributed by atoms with van der Waals surface area (Å²) in [4.78, 5) is 17.1. The molecule has 7 heteroatoms. The third kappa shape index (κ3) is 5.17. The average molecular weight is 423 g/mol. The third-order valence-corrected chi connectivity index (χ3v) is 5.88. The van der Waals surface area contributed by atoms with Gasteiger partial charge in [-0.05, 0) is 68.5 Å². The highest BCUT2D eigenvalue weighted by atomic mass is 19.1. The number of aliphatic hydroxyl groups excluding tert-OH is 1. The number of nitrogens with zero attached hydrogens (tertiary/aromatic N) is 3. The largest absolute Gasteiger partial charge is 0.393 e. The molecule has 2 heterocycles. The number of hydrogen-bond acceptors (Lipinski definition) is 4. The molecular formula is C24H27FN4O2. The molecule has 0 saturated heterocycles. The molecule has 1 aliphatic carbocycles. The van der Waals surface area contributed by atoms with E-state index in [1.54, 1.807) is 29.2 Å². The summed E-state index contributed by atoms with van der Waals surface area (Å²) in [7, 11) is 0. The standard InChI is InChI=1S/C24H27FN4O2/c1-16(24(31)27-20-6-8-22(30)9-7-20)29-21(14-17-2-4-19(25)5-3-17)15-23(28-29)18-10-12-26-13-11-18/h2-5,10-13,15-16,20,22,30H,6-9,14H2,1H3,(H,27,31). The van der Waals surface area contributed by atoms with Crippen LogP contribution in [0.5, 0.6) is 0 Å². The van der Waals surface area contributed by atoms with Crippen LogP contribution in [0.15, 0.2) is 54.9 Å². The monoisotopic (exact) mass is 422 g/mol. The van der Waals surface area contributed by atoms with E-state index in [2.05, 4.69) is 10.3 Å². The van der Waals surface area contributed by atoms with Crippen molar-refractivity contribution < 1.29 is 14.3 Å². The van der Waals surface area contributed by atoms with Gasteiger partial charge in [0.2, 0.25) is 5.91 Å². The number of aliphatic hydroxyl groups is 1. The Kier molecular flexibility index (Phi) is 6.42. The number of pyridine rings is 1. The van der Waals surface area contributed by atoms with E-state index in [0.29, 0.717) is 19.3 Å². The predicted octanol–water partition coefficient (Wildman–Crippen LogP) is 3.66. The number of halogens is 1. The van der Waals surface area contributed by atoms with Crippen LogP contribution in [0.25, 0.3) is 11.3 Å². The number of rotatable bonds is 6. The highest BCUT2D eigenvalue weighted by molar-refractivity contribution is 5.80. The fraction of sp³-hybridized carbons (Fsp3) is 0.375. The van der Waals surface area contributed by atoms with Crippen molar-refractivity contribution in [2.75, 3.05) is 0 Å². The normalized spacial score (nSPS) is 19.7. The number of benzene rings is 1. The molecule has 2 aromatic heterocycles. The van der Waals surface area contributed by atoms with E-state index < -0.39 is 6.04 Å². The number of carbonyl (C=O) groups is 1. The van der Waals surface area contributed by atoms with E-state index in [-0.39, 0.29) is 23.9 Å². The third-order valence-electron chi connectivity index (χ3n) is 5.88. The van der Waals surface area contributed by atoms with E-state index in [1.807, 2.05) is 25.1 Å². The summed E-state index contributed by atoms with van der Waals surface area (Å²) in [6, 6.07) is 11.7. The second-order valence-corrected chi connectivity index (χ2v) is 8.19. The van der Waals surface area contributed by atoms with Gasteiger partial charge in [0.1, 0.15) is 11.9 Å². The van der Waals surface area contributed by atoms with Crippen LogP contribution < -0.4 is 5.32 Å². The number of aromatic nitrogens is 3. The SMILES string of the molecule is CC(C(=O)NC1CCC(O)CC1)n1nc(-c2ccncc2)cc1Cc1ccc(F)cc1. The van der Waals surface area contributed by atoms with Crippen molar-refractivity contribution in [3.63, 3.8) is 0 Å². The van der Waals surface area contributed by atoms with Crippen molar-refractivity contribution >= 4 is 5.91 Å². The lowest BCUT2D eigenvalue weighted by atomic mass is 9.93. The van der Waals surface area contributed by atoms with Gasteiger partial charge in [0, 0.05) is 36.1 Å². The molecule has 1 unspecified atom stereocenters. The van der Waals surface area contributed by atoms with Gasteiger partial charge in [-0.15, -0.1) is 0 Å². The quantitative estimate of drug-likeness (QED) is 0.635. The molecule has 4 rings (SSSR count). The smallest absolute Gasteiger partial charge is 0.244 e. The van der Waals surface area contributed by atoms with E-state index in [9.17, 15) is 14.3 Å². The first-order chi connectivity index (χ1) is 15.0. The first-order valence-corrected chi connectivity index (χ1v) is 10.7. The van der Waals surface area contributed by atoms with Crippen LogP contribution in [0.1, 0.15) is 49.9 Å². The second-order valence-electron chi connectivity index (χ2n) is 8.19. The summed E-state index contributed by atoms with van der Waals surface area (Å²) in [6.07, 6.45) is 6.68. The Morgan fingerprint density at radius 1 is 1.16 bits per heavy atom. The highest BCUT2D eigenvalue weighted by Gasteiger charge is 2.25. The van der Waals surface area contributed by atoms with Crippen molar-refractivity contribution in [3.8, 4) is 11.3 Å². The lowest BCUT2D eigenvalue weighted by Crippen LogP contribution is -2.42. The van der Waals surface area contributed by atoms with Crippen LogP contribution in [0.3, 0.4) is 0 Å². The fourth-order valence-corrected chi connectivity index (χ4v) is 4.03. The van der Waals surface area contributed by atoms with Gasteiger partial charge >= 0.3 is 0 Å². The van der Waals surface area contributed by atoms with Crippen LogP contribution in [-0.4, -0.2) is 37.9 Å². The number of amides is 1. The first kappa shape index (κ1) is 21.2. The Morgan fingerprint density at radius 3 is 2.52 bits per heavy atom. The van der Waals surface area contributed by atoms with Gasteiger partial charge < -0.3 is 10.4 Å². The molecule has 6 nitrogen and oxygen atoms in total. The Morgan fingerprint density at radius 2 is 1.84 bits per heavy atom. The van der Waals surface area contributed by atoms with Gasteiger partial charge in [0.05, 0.1) is 11.8 Å². The molecule has 1 fully saturated rings. The van der Waals surface area contributed by atoms with E-state index in [4.69, 9.17) is 5.10 Å². The Bertz CT molecular complexity index is 1010. The summed E-state index contributed by atoms with van der Waals surface area (Å²) >= 11 is 0. The minimum atomic E-state index is -0.502. The van der Waals surface area contributed by atoms with Crippen molar-refractivity contribution in [1.82, 2.24) is 20.1 Å². The summed E-state index contributed by atoms with van der Waals surface area (Å²) < 4.78 is 15.1. The molecule has 0 radical (unpaired) electrons. The minimum absolute atomic E-state index is 0.0779. The van der Waals surface area contributed by atoms with E-state index >= 15 is 0 Å². The lowest BCUT2D eigenvalue weighted by Gasteiger charge is -2.27. The van der Waals surface area contributed by atoms with Crippen molar-refractivity contribution in [2.24, 2.45) is 0 Å². The highest BCUT2D eigenvalue weighted by Crippen LogP contribution is 2.24. The van der Waals surface area contributed by atoms with Gasteiger partial charge in [-0.1, -0.05) is 12.1 Å². The molecule has 31 heavy (non-hydrogen) atoms. The van der Waals surface area contributed by atoms with E-state index in [0.717, 1.165) is 35.4 Å². The van der Waals surface area contributed by atoms with Crippen molar-refractivity contribution in [2.45, 2.75) is 57.2 Å². The zero-order valence-corrected chi connectivity index (χ0v) is 17.5. The molecule has 0 spiro atoms. The van der Waals surface area contributed by atoms with Crippen LogP contribution in [0, 0.1) is 5.82 Å².